The van der Waals surface area contributed by atoms with Gasteiger partial charge in [0.15, 0.2) is 0 Å². The summed E-state index contributed by atoms with van der Waals surface area (Å²) >= 11 is 0. The first kappa shape index (κ1) is 18.0. The van der Waals surface area contributed by atoms with E-state index in [1.54, 1.807) is 0 Å². The van der Waals surface area contributed by atoms with Crippen molar-refractivity contribution in [3.8, 4) is 6.07 Å². The summed E-state index contributed by atoms with van der Waals surface area (Å²) in [6.07, 6.45) is 2.79. The molecule has 0 amide bonds. The lowest BCUT2D eigenvalue weighted by atomic mass is 9.87. The lowest BCUT2D eigenvalue weighted by Crippen LogP contribution is -2.33. The maximum atomic E-state index is 8.75. The van der Waals surface area contributed by atoms with Gasteiger partial charge in [-0.1, -0.05) is 13.8 Å². The molecule has 0 saturated carbocycles. The lowest BCUT2D eigenvalue weighted by Gasteiger charge is -2.26. The van der Waals surface area contributed by atoms with Crippen LogP contribution in [0.4, 0.5) is 0 Å². The highest BCUT2D eigenvalue weighted by atomic mass is 16.5. The quantitative estimate of drug-likeness (QED) is 0.839. The molecule has 1 N–H and O–H groups in total. The molecule has 1 aromatic heterocycles. The number of nitrogens with one attached hydrogen (secondary N) is 1. The van der Waals surface area contributed by atoms with E-state index in [-0.39, 0.29) is 11.5 Å². The van der Waals surface area contributed by atoms with Gasteiger partial charge >= 0.3 is 0 Å². The van der Waals surface area contributed by atoms with Gasteiger partial charge in [-0.3, -0.25) is 4.68 Å². The molecule has 0 aromatic carbocycles. The van der Waals surface area contributed by atoms with Gasteiger partial charge in [-0.2, -0.15) is 10.4 Å². The maximum absolute atomic E-state index is 8.75. The van der Waals surface area contributed by atoms with Crippen molar-refractivity contribution in [2.45, 2.75) is 53.1 Å². The third-order valence-electron chi connectivity index (χ3n) is 4.99. The fourth-order valence-electron chi connectivity index (χ4n) is 3.44. The minimum Gasteiger partial charge on any atom is -0.373 e. The van der Waals surface area contributed by atoms with Crippen LogP contribution in [0.15, 0.2) is 0 Å². The van der Waals surface area contributed by atoms with Crippen molar-refractivity contribution in [3.63, 3.8) is 0 Å². The summed E-state index contributed by atoms with van der Waals surface area (Å²) in [4.78, 5) is 0. The molecule has 1 aromatic rings. The van der Waals surface area contributed by atoms with Crippen molar-refractivity contribution in [1.29, 1.82) is 5.26 Å². The molecule has 1 saturated heterocycles. The summed E-state index contributed by atoms with van der Waals surface area (Å²) in [5, 5.41) is 16.9. The molecule has 0 bridgehead atoms. The first-order chi connectivity index (χ1) is 10.9. The van der Waals surface area contributed by atoms with Crippen LogP contribution < -0.4 is 5.32 Å². The number of ether oxygens (including phenoxy) is 1. The first-order valence-corrected chi connectivity index (χ1v) is 8.55. The van der Waals surface area contributed by atoms with Gasteiger partial charge < -0.3 is 10.1 Å². The number of aryl methyl sites for hydroxylation is 2. The second kappa shape index (κ2) is 7.46. The number of hydrogen-bond donors (Lipinski definition) is 1. The topological polar surface area (TPSA) is 62.9 Å². The fourth-order valence-corrected chi connectivity index (χ4v) is 3.44. The van der Waals surface area contributed by atoms with Crippen LogP contribution in [0.25, 0.3) is 0 Å². The fraction of sp³-hybridized carbons (Fsp3) is 0.778. The van der Waals surface area contributed by atoms with Crippen LogP contribution >= 0.6 is 0 Å². The predicted molar refractivity (Wildman–Crippen MR) is 91.0 cm³/mol. The van der Waals surface area contributed by atoms with Crippen LogP contribution in [0.2, 0.25) is 0 Å². The first-order valence-electron chi connectivity index (χ1n) is 8.55. The van der Waals surface area contributed by atoms with E-state index in [2.05, 4.69) is 44.2 Å². The summed E-state index contributed by atoms with van der Waals surface area (Å²) in [6, 6.07) is 2.24. The molecule has 0 aliphatic carbocycles. The number of aromatic nitrogens is 2. The summed E-state index contributed by atoms with van der Waals surface area (Å²) in [5.74, 6) is 0.489. The largest absolute Gasteiger partial charge is 0.373 e. The Bertz CT molecular complexity index is 570. The second-order valence-corrected chi connectivity index (χ2v) is 7.50. The van der Waals surface area contributed by atoms with Gasteiger partial charge in [0.1, 0.15) is 0 Å². The van der Waals surface area contributed by atoms with E-state index < -0.39 is 0 Å². The third-order valence-corrected chi connectivity index (χ3v) is 4.99. The Kier molecular flexibility index (Phi) is 5.83. The molecule has 128 valence electrons. The minimum atomic E-state index is 0.151. The summed E-state index contributed by atoms with van der Waals surface area (Å²) in [7, 11) is 1.99. The summed E-state index contributed by atoms with van der Waals surface area (Å²) < 4.78 is 7.98. The van der Waals surface area contributed by atoms with Gasteiger partial charge in [-0.25, -0.2) is 0 Å². The Morgan fingerprint density at radius 3 is 2.78 bits per heavy atom. The van der Waals surface area contributed by atoms with Gasteiger partial charge in [0.2, 0.25) is 0 Å². The van der Waals surface area contributed by atoms with Gasteiger partial charge in [0, 0.05) is 50.3 Å². The van der Waals surface area contributed by atoms with Crippen molar-refractivity contribution >= 4 is 0 Å². The average Bonchev–Trinajstić information content (AvgIpc) is 3.02. The predicted octanol–water partition coefficient (Wildman–Crippen LogP) is 3.03. The lowest BCUT2D eigenvalue weighted by molar-refractivity contribution is 0.0887. The standard InChI is InChI=1S/C18H30N4O/c1-13-16(14(2)22(5)21-13)17-15(7-10-23-17)11-20-12-18(3,4)8-6-9-19/h15,17,20H,6-8,10-12H2,1-5H3/t15-,17+/m1/s1. The molecule has 2 atom stereocenters. The van der Waals surface area contributed by atoms with Crippen molar-refractivity contribution in [2.75, 3.05) is 19.7 Å². The molecule has 2 rings (SSSR count). The second-order valence-electron chi connectivity index (χ2n) is 7.50. The minimum absolute atomic E-state index is 0.151. The number of hydrogen-bond acceptors (Lipinski definition) is 4. The Morgan fingerprint density at radius 2 is 2.17 bits per heavy atom. The van der Waals surface area contributed by atoms with Gasteiger partial charge in [0.05, 0.1) is 17.9 Å². The molecular weight excluding hydrogens is 288 g/mol. The van der Waals surface area contributed by atoms with Gasteiger partial charge in [-0.15, -0.1) is 0 Å². The van der Waals surface area contributed by atoms with Crippen LogP contribution in [0.5, 0.6) is 0 Å². The molecule has 0 unspecified atom stereocenters. The Balaban J connectivity index is 1.94. The van der Waals surface area contributed by atoms with E-state index in [1.165, 1.54) is 11.3 Å². The van der Waals surface area contributed by atoms with Crippen LogP contribution in [0.3, 0.4) is 0 Å². The Labute approximate surface area is 140 Å². The average molecular weight is 318 g/mol. The molecule has 5 heteroatoms. The molecule has 2 heterocycles. The molecule has 1 aliphatic heterocycles. The molecule has 0 radical (unpaired) electrons. The summed E-state index contributed by atoms with van der Waals surface area (Å²) in [6.45, 7) is 11.3. The number of nitrogens with zero attached hydrogens (tertiary/aromatic N) is 3. The smallest absolute Gasteiger partial charge is 0.0901 e. The highest BCUT2D eigenvalue weighted by Gasteiger charge is 2.33. The highest BCUT2D eigenvalue weighted by Crippen LogP contribution is 2.37. The molecule has 1 fully saturated rings. The number of rotatable bonds is 7. The molecule has 23 heavy (non-hydrogen) atoms. The van der Waals surface area contributed by atoms with E-state index in [4.69, 9.17) is 10.00 Å². The van der Waals surface area contributed by atoms with E-state index >= 15 is 0 Å². The summed E-state index contributed by atoms with van der Waals surface area (Å²) in [5.41, 5.74) is 3.70. The van der Waals surface area contributed by atoms with E-state index in [9.17, 15) is 0 Å². The normalized spacial score (nSPS) is 21.6. The van der Waals surface area contributed by atoms with Crippen LogP contribution in [-0.2, 0) is 11.8 Å². The third kappa shape index (κ3) is 4.33. The zero-order valence-corrected chi connectivity index (χ0v) is 15.1. The zero-order valence-electron chi connectivity index (χ0n) is 15.1. The van der Waals surface area contributed by atoms with Crippen LogP contribution in [0, 0.1) is 36.5 Å². The molecular formula is C18H30N4O. The maximum Gasteiger partial charge on any atom is 0.0901 e. The SMILES string of the molecule is Cc1nn(C)c(C)c1[C@H]1OCC[C@@H]1CNCC(C)(C)CCC#N. The Hall–Kier alpha value is -1.38. The van der Waals surface area contributed by atoms with Gasteiger partial charge in [-0.05, 0) is 32.1 Å². The van der Waals surface area contributed by atoms with Crippen molar-refractivity contribution < 1.29 is 4.74 Å². The zero-order chi connectivity index (χ0) is 17.0. The van der Waals surface area contributed by atoms with Crippen molar-refractivity contribution in [3.05, 3.63) is 17.0 Å². The molecule has 5 nitrogen and oxygen atoms in total. The van der Waals surface area contributed by atoms with Crippen LogP contribution in [0.1, 0.15) is 56.2 Å². The Morgan fingerprint density at radius 1 is 1.43 bits per heavy atom. The van der Waals surface area contributed by atoms with Gasteiger partial charge in [0.25, 0.3) is 0 Å². The van der Waals surface area contributed by atoms with E-state index in [0.717, 1.165) is 38.2 Å². The van der Waals surface area contributed by atoms with E-state index in [1.807, 2.05) is 11.7 Å². The molecule has 0 spiro atoms. The molecule has 1 aliphatic rings. The monoisotopic (exact) mass is 318 g/mol. The van der Waals surface area contributed by atoms with E-state index in [0.29, 0.717) is 12.3 Å². The highest BCUT2D eigenvalue weighted by molar-refractivity contribution is 5.28. The van der Waals surface area contributed by atoms with Crippen LogP contribution in [-0.4, -0.2) is 29.5 Å². The number of nitriles is 1. The van der Waals surface area contributed by atoms with Crippen molar-refractivity contribution in [1.82, 2.24) is 15.1 Å². The van der Waals surface area contributed by atoms with Crippen molar-refractivity contribution in [2.24, 2.45) is 18.4 Å².